The van der Waals surface area contributed by atoms with Crippen molar-refractivity contribution in [1.29, 1.82) is 0 Å². The Bertz CT molecular complexity index is 1120. The zero-order chi connectivity index (χ0) is 23.4. The average molecular weight is 452 g/mol. The quantitative estimate of drug-likeness (QED) is 0.595. The van der Waals surface area contributed by atoms with Gasteiger partial charge in [0.1, 0.15) is 6.29 Å². The minimum Gasteiger partial charge on any atom is -0.392 e. The van der Waals surface area contributed by atoms with E-state index < -0.39 is 23.2 Å². The van der Waals surface area contributed by atoms with Gasteiger partial charge in [-0.2, -0.15) is 0 Å². The van der Waals surface area contributed by atoms with Gasteiger partial charge in [0.05, 0.1) is 29.3 Å². The molecule has 178 valence electrons. The van der Waals surface area contributed by atoms with Crippen LogP contribution in [0, 0.1) is 22.7 Å². The van der Waals surface area contributed by atoms with E-state index in [4.69, 9.17) is 4.74 Å². The second-order valence-corrected chi connectivity index (χ2v) is 12.3. The summed E-state index contributed by atoms with van der Waals surface area (Å²) >= 11 is 0. The lowest BCUT2D eigenvalue weighted by atomic mass is 9.39. The molecule has 2 aromatic rings. The van der Waals surface area contributed by atoms with Crippen LogP contribution in [0.3, 0.4) is 0 Å². The Labute approximate surface area is 195 Å². The maximum absolute atomic E-state index is 13.0. The molecule has 5 nitrogen and oxygen atoms in total. The highest BCUT2D eigenvalue weighted by molar-refractivity contribution is 5.86. The first-order valence-corrected chi connectivity index (χ1v) is 12.7. The fourth-order valence-electron chi connectivity index (χ4n) is 8.83. The lowest BCUT2D eigenvalue weighted by molar-refractivity contribution is -0.271. The zero-order valence-electron chi connectivity index (χ0n) is 20.2. The van der Waals surface area contributed by atoms with Crippen molar-refractivity contribution in [3.05, 3.63) is 35.5 Å². The van der Waals surface area contributed by atoms with Crippen LogP contribution >= 0.6 is 0 Å². The van der Waals surface area contributed by atoms with Crippen molar-refractivity contribution in [3.8, 4) is 0 Å². The Hall–Kier alpha value is -1.69. The van der Waals surface area contributed by atoms with Crippen molar-refractivity contribution in [2.24, 2.45) is 22.7 Å². The molecular weight excluding hydrogens is 414 g/mol. The summed E-state index contributed by atoms with van der Waals surface area (Å²) in [5.74, 6) is 0.577. The summed E-state index contributed by atoms with van der Waals surface area (Å²) in [6.07, 6.45) is 4.45. The predicted octanol–water partition coefficient (Wildman–Crippen LogP) is 4.28. The molecule has 3 fully saturated rings. The number of hydrogen-bond donors (Lipinski definition) is 3. The third-order valence-electron chi connectivity index (χ3n) is 10.8. The molecule has 1 saturated heterocycles. The topological polar surface area (TPSA) is 82.5 Å². The smallest absolute Gasteiger partial charge is 0.131 e. The molecule has 0 amide bonds. The number of carbonyl (C=O) groups excluding carboxylic acids is 1. The minimum absolute atomic E-state index is 0.0395. The van der Waals surface area contributed by atoms with E-state index in [-0.39, 0.29) is 22.9 Å². The van der Waals surface area contributed by atoms with E-state index in [1.54, 1.807) is 13.8 Å². The van der Waals surface area contributed by atoms with Gasteiger partial charge in [0.2, 0.25) is 0 Å². The van der Waals surface area contributed by atoms with Crippen molar-refractivity contribution in [1.82, 2.24) is 4.98 Å². The normalized spacial score (nSPS) is 44.6. The summed E-state index contributed by atoms with van der Waals surface area (Å²) in [7, 11) is 0. The van der Waals surface area contributed by atoms with Crippen molar-refractivity contribution in [2.75, 3.05) is 0 Å². The number of ether oxygens (including phenoxy) is 1. The first-order valence-electron chi connectivity index (χ1n) is 12.7. The van der Waals surface area contributed by atoms with E-state index in [0.29, 0.717) is 12.3 Å². The molecule has 0 radical (unpaired) electrons. The molecule has 4 aliphatic rings. The van der Waals surface area contributed by atoms with Gasteiger partial charge in [-0.3, -0.25) is 0 Å². The summed E-state index contributed by atoms with van der Waals surface area (Å²) in [6, 6.07) is 8.59. The summed E-state index contributed by atoms with van der Waals surface area (Å²) < 4.78 is 6.43. The fourth-order valence-corrected chi connectivity index (χ4v) is 8.83. The number of aromatic nitrogens is 1. The van der Waals surface area contributed by atoms with Gasteiger partial charge in [-0.15, -0.1) is 0 Å². The van der Waals surface area contributed by atoms with Gasteiger partial charge in [-0.05, 0) is 74.8 Å². The van der Waals surface area contributed by atoms with Crippen molar-refractivity contribution in [3.63, 3.8) is 0 Å². The molecule has 8 unspecified atom stereocenters. The number of H-pyrrole nitrogens is 1. The number of aldehydes is 1. The van der Waals surface area contributed by atoms with Crippen LogP contribution in [0.1, 0.15) is 71.1 Å². The summed E-state index contributed by atoms with van der Waals surface area (Å²) in [6.45, 7) is 8.25. The number of carbonyl (C=O) groups is 1. The van der Waals surface area contributed by atoms with Gasteiger partial charge in [-0.1, -0.05) is 32.0 Å². The van der Waals surface area contributed by atoms with Gasteiger partial charge in [-0.25, -0.2) is 0 Å². The predicted molar refractivity (Wildman–Crippen MR) is 127 cm³/mol. The lowest BCUT2D eigenvalue weighted by Gasteiger charge is -2.67. The van der Waals surface area contributed by atoms with Crippen LogP contribution in [0.15, 0.2) is 24.3 Å². The molecule has 1 aromatic carbocycles. The second kappa shape index (κ2) is 6.71. The Morgan fingerprint density at radius 2 is 1.94 bits per heavy atom. The number of aliphatic hydroxyl groups excluding tert-OH is 1. The monoisotopic (exact) mass is 451 g/mol. The molecule has 2 saturated carbocycles. The summed E-state index contributed by atoms with van der Waals surface area (Å²) in [4.78, 5) is 16.8. The highest BCUT2D eigenvalue weighted by Crippen LogP contribution is 2.71. The van der Waals surface area contributed by atoms with Gasteiger partial charge < -0.3 is 24.7 Å². The number of aromatic amines is 1. The van der Waals surface area contributed by atoms with Crippen LogP contribution in [-0.4, -0.2) is 45.4 Å². The van der Waals surface area contributed by atoms with Gasteiger partial charge in [0.25, 0.3) is 0 Å². The average Bonchev–Trinajstić information content (AvgIpc) is 3.28. The third kappa shape index (κ3) is 2.51. The highest BCUT2D eigenvalue weighted by atomic mass is 16.5. The fraction of sp³-hybridized carbons (Fsp3) is 0.679. The standard InChI is InChI=1S/C28H37NO4/c1-25(2,32)23-14-21(31)28(15-30)20-10-9-16-13-18-17-7-5-6-8-19(17)29-24(18)27(16,4)26(20,3)12-11-22(28)33-23/h5-8,15-16,20-23,29,31-32H,9-14H2,1-4H3. The number of hydrogen-bond acceptors (Lipinski definition) is 4. The largest absolute Gasteiger partial charge is 0.392 e. The summed E-state index contributed by atoms with van der Waals surface area (Å²) in [5, 5.41) is 23.5. The van der Waals surface area contributed by atoms with Crippen LogP contribution < -0.4 is 0 Å². The number of aliphatic hydroxyl groups is 2. The maximum Gasteiger partial charge on any atom is 0.131 e. The Morgan fingerprint density at radius 1 is 1.18 bits per heavy atom. The Kier molecular flexibility index (Phi) is 4.43. The molecule has 0 spiro atoms. The molecule has 8 atom stereocenters. The van der Waals surface area contributed by atoms with Crippen LogP contribution in [0.25, 0.3) is 10.9 Å². The van der Waals surface area contributed by atoms with Crippen LogP contribution in [0.2, 0.25) is 0 Å². The van der Waals surface area contributed by atoms with Crippen molar-refractivity contribution in [2.45, 2.75) is 95.5 Å². The molecular formula is C28H37NO4. The van der Waals surface area contributed by atoms with Crippen molar-refractivity contribution < 1.29 is 19.7 Å². The number of fused-ring (bicyclic) bond motifs is 9. The SMILES string of the molecule is CC(C)(O)C1CC(O)C2(C=O)C(CCC3(C)C2CCC2Cc4c([nH]c5ccccc45)C23C)O1. The van der Waals surface area contributed by atoms with E-state index >= 15 is 0 Å². The van der Waals surface area contributed by atoms with E-state index in [0.717, 1.165) is 38.4 Å². The van der Waals surface area contributed by atoms with Crippen LogP contribution in [0.4, 0.5) is 0 Å². The first-order chi connectivity index (χ1) is 15.6. The zero-order valence-corrected chi connectivity index (χ0v) is 20.2. The molecule has 1 aliphatic heterocycles. The Balaban J connectivity index is 1.47. The minimum atomic E-state index is -1.05. The third-order valence-corrected chi connectivity index (χ3v) is 10.8. The molecule has 33 heavy (non-hydrogen) atoms. The van der Waals surface area contributed by atoms with Crippen molar-refractivity contribution >= 4 is 17.2 Å². The van der Waals surface area contributed by atoms with Crippen LogP contribution in [0.5, 0.6) is 0 Å². The molecule has 6 rings (SSSR count). The first kappa shape index (κ1) is 21.8. The summed E-state index contributed by atoms with van der Waals surface area (Å²) in [5.41, 5.74) is 1.80. The molecule has 5 heteroatoms. The van der Waals surface area contributed by atoms with E-state index in [1.807, 2.05) is 0 Å². The second-order valence-electron chi connectivity index (χ2n) is 12.3. The molecule has 3 aliphatic carbocycles. The van der Waals surface area contributed by atoms with Gasteiger partial charge in [0.15, 0.2) is 0 Å². The van der Waals surface area contributed by atoms with E-state index in [1.165, 1.54) is 22.2 Å². The maximum atomic E-state index is 13.0. The van der Waals surface area contributed by atoms with E-state index in [9.17, 15) is 15.0 Å². The lowest BCUT2D eigenvalue weighted by Crippen LogP contribution is -2.70. The van der Waals surface area contributed by atoms with Crippen LogP contribution in [-0.2, 0) is 21.4 Å². The molecule has 0 bridgehead atoms. The number of benzene rings is 1. The number of rotatable bonds is 2. The van der Waals surface area contributed by atoms with Gasteiger partial charge >= 0.3 is 0 Å². The van der Waals surface area contributed by atoms with Gasteiger partial charge in [0, 0.05) is 28.4 Å². The Morgan fingerprint density at radius 3 is 2.67 bits per heavy atom. The number of para-hydroxylation sites is 1. The molecule has 2 heterocycles. The molecule has 3 N–H and O–H groups in total. The molecule has 1 aromatic heterocycles. The van der Waals surface area contributed by atoms with E-state index in [2.05, 4.69) is 43.1 Å². The number of nitrogens with one attached hydrogen (secondary N) is 1. The highest BCUT2D eigenvalue weighted by Gasteiger charge is 2.71.